The number of carbonyl (C=O) groups is 2. The van der Waals surface area contributed by atoms with E-state index in [1.165, 1.54) is 43.2 Å². The van der Waals surface area contributed by atoms with Gasteiger partial charge in [0, 0.05) is 114 Å². The van der Waals surface area contributed by atoms with Gasteiger partial charge in [0.15, 0.2) is 11.6 Å². The van der Waals surface area contributed by atoms with Crippen LogP contribution in [0.15, 0.2) is 61.7 Å². The highest BCUT2D eigenvalue weighted by Gasteiger charge is 2.41. The summed E-state index contributed by atoms with van der Waals surface area (Å²) in [6, 6.07) is 9.03. The van der Waals surface area contributed by atoms with Crippen molar-refractivity contribution in [1.29, 1.82) is 0 Å². The second kappa shape index (κ2) is 37.7. The van der Waals surface area contributed by atoms with Crippen LogP contribution in [0.2, 0.25) is 26.0 Å². The molecule has 6 aromatic heterocycles. The van der Waals surface area contributed by atoms with Crippen LogP contribution in [0.4, 0.5) is 0 Å². The monoisotopic (exact) mass is 1770 g/mol. The van der Waals surface area contributed by atoms with E-state index >= 15 is 0 Å². The summed E-state index contributed by atoms with van der Waals surface area (Å²) >= 11 is 46.7. The molecule has 10 heterocycles. The molecule has 6 unspecified atom stereocenters. The lowest BCUT2D eigenvalue weighted by Crippen LogP contribution is -2.40. The Bertz CT molecular complexity index is 3980. The van der Waals surface area contributed by atoms with Gasteiger partial charge in [-0.15, -0.1) is 68.0 Å². The predicted octanol–water partition coefficient (Wildman–Crippen LogP) is 9.07. The number of hydrogen-bond acceptors (Lipinski definition) is 25. The van der Waals surface area contributed by atoms with Crippen molar-refractivity contribution in [1.82, 2.24) is 17.6 Å². The maximum Gasteiger partial charge on any atom is 0.253 e. The largest absolute Gasteiger partial charge is 0.387 e. The second-order valence-electron chi connectivity index (χ2n) is 18.9. The van der Waals surface area contributed by atoms with Gasteiger partial charge in [-0.3, -0.25) is 9.59 Å². The number of thiophene rings is 6. The molecule has 0 radical (unpaired) electrons. The van der Waals surface area contributed by atoms with Crippen LogP contribution in [-0.2, 0) is 76.3 Å². The van der Waals surface area contributed by atoms with Crippen LogP contribution in [0.3, 0.4) is 0 Å². The maximum atomic E-state index is 12.3. The highest BCUT2D eigenvalue weighted by molar-refractivity contribution is 9.09. The van der Waals surface area contributed by atoms with Gasteiger partial charge in [0.05, 0.1) is 67.9 Å². The number of ether oxygens (including phenoxy) is 3. The summed E-state index contributed by atoms with van der Waals surface area (Å²) in [5.74, 6) is -0.377. The molecule has 0 bridgehead atoms. The van der Waals surface area contributed by atoms with Crippen molar-refractivity contribution in [2.45, 2.75) is 68.9 Å². The summed E-state index contributed by atoms with van der Waals surface area (Å²) < 4.78 is 143. The van der Waals surface area contributed by atoms with E-state index < -0.39 is 86.5 Å². The normalized spacial score (nSPS) is 20.1. The smallest absolute Gasteiger partial charge is 0.253 e. The van der Waals surface area contributed by atoms with Gasteiger partial charge in [0.25, 0.3) is 40.1 Å². The summed E-state index contributed by atoms with van der Waals surface area (Å²) in [7, 11) is -12.6. The van der Waals surface area contributed by atoms with Crippen LogP contribution < -0.4 is 15.0 Å². The number of β-amino-alcohol motifs (C(OH)–C–C–N with tert-alkyl or cyclic N) is 3. The van der Waals surface area contributed by atoms with E-state index in [4.69, 9.17) is 94.1 Å². The number of aliphatic hydroxyl groups excluding tert-OH is 4. The van der Waals surface area contributed by atoms with Gasteiger partial charge >= 0.3 is 0 Å². The quantitative estimate of drug-likeness (QED) is 0.0239. The Hall–Kier alpha value is -0.180. The third kappa shape index (κ3) is 22.2. The minimum Gasteiger partial charge on any atom is -0.387 e. The van der Waals surface area contributed by atoms with Gasteiger partial charge in [-0.05, 0) is 55.7 Å². The fourth-order valence-corrected chi connectivity index (χ4v) is 27.0. The molecule has 522 valence electrons. The van der Waals surface area contributed by atoms with Gasteiger partial charge < -0.3 is 34.6 Å². The number of ketones is 2. The van der Waals surface area contributed by atoms with Crippen LogP contribution in [-0.4, -0.2) is 185 Å². The van der Waals surface area contributed by atoms with E-state index in [1.807, 2.05) is 0 Å². The fourth-order valence-electron chi connectivity index (χ4n) is 8.31. The number of alkyl halides is 2. The molecular weight excluding hydrogens is 1720 g/mol. The SMILES string of the molecule is COCCCN1CC(=O)c2cc(Cl)sc2S1(=O)=O.COCCCN1CC(O)c2cc(Cl)sc2S1(=O)=O.COCCCN1CC(O)c2cc(Cl)sc2S1(=O)=O.NS(=O)c1sc(Cl)cc1C(=O)CBr.NS(=O)c1sc(Cl)cc1C(O)CBr.O=S1(=O)NCC(O)c2cc(Cl)sc21. The first-order valence-corrected chi connectivity index (χ1v) is 43.6. The van der Waals surface area contributed by atoms with Gasteiger partial charge in [-0.2, -0.15) is 12.9 Å². The fraction of sp³-hybridized carbons (Fsp3) is 0.458. The van der Waals surface area contributed by atoms with Crippen molar-refractivity contribution in [3.8, 4) is 0 Å². The number of carbonyl (C=O) groups excluding carboxylic acids is 2. The second-order valence-corrected chi connectivity index (χ2v) is 41.1. The summed E-state index contributed by atoms with van der Waals surface area (Å²) in [5.41, 5.74) is 2.31. The van der Waals surface area contributed by atoms with E-state index in [0.717, 1.165) is 68.0 Å². The van der Waals surface area contributed by atoms with Crippen molar-refractivity contribution in [3.63, 3.8) is 0 Å². The summed E-state index contributed by atoms with van der Waals surface area (Å²) in [5, 5.41) is 49.7. The Labute approximate surface area is 612 Å². The van der Waals surface area contributed by atoms with Crippen LogP contribution in [0.1, 0.15) is 86.6 Å². The number of nitrogens with two attached hydrogens (primary N) is 2. The van der Waals surface area contributed by atoms with Crippen molar-refractivity contribution >= 4 is 243 Å². The number of halogens is 8. The first-order chi connectivity index (χ1) is 43.5. The zero-order valence-electron chi connectivity index (χ0n) is 48.2. The summed E-state index contributed by atoms with van der Waals surface area (Å²) in [4.78, 5) is 23.1. The first-order valence-electron chi connectivity index (χ1n) is 26.0. The van der Waals surface area contributed by atoms with E-state index in [-0.39, 0.29) is 72.0 Å². The number of hydrogen-bond donors (Lipinski definition) is 7. The Morgan fingerprint density at radius 1 is 0.602 bits per heavy atom. The molecule has 10 rings (SSSR count). The van der Waals surface area contributed by atoms with E-state index in [2.05, 4.69) is 36.6 Å². The molecule has 4 aliphatic heterocycles. The standard InChI is InChI=1S/2C10H14ClNO4S2.C10H12ClNO4S2.C6H7BrClNO2S2.C6H5BrClNO2S2.C6H6ClNO3S2/c3*1-16-4-2-3-12-6-8(13)7-5-9(11)17-10(7)18(12,14)15;2*7-2-4(10)3-1-5(8)12-6(3)13(9)11;7-5-1-3-4(9)2-8-13(10,11)6(3)12-5/h2*5,8,13H,2-4,6H2,1H3;5H,2-4,6H2,1H3;1,4,10H,2,9H2;1H,2,9H2;1,4,8-9H,2H2. The lowest BCUT2D eigenvalue weighted by molar-refractivity contribution is 0.0951. The van der Waals surface area contributed by atoms with Gasteiger partial charge in [0.1, 0.15) is 47.2 Å². The molecule has 9 N–H and O–H groups in total. The third-order valence-corrected chi connectivity index (χ3v) is 32.7. The van der Waals surface area contributed by atoms with Crippen molar-refractivity contribution in [2.75, 3.05) is 97.6 Å². The Morgan fingerprint density at radius 3 is 1.42 bits per heavy atom. The zero-order chi connectivity index (χ0) is 69.7. The Morgan fingerprint density at radius 2 is 0.989 bits per heavy atom. The molecule has 93 heavy (non-hydrogen) atoms. The molecule has 0 aliphatic carbocycles. The molecule has 6 atom stereocenters. The predicted molar refractivity (Wildman–Crippen MR) is 374 cm³/mol. The van der Waals surface area contributed by atoms with Crippen LogP contribution in [0.5, 0.6) is 0 Å². The number of aliphatic hydroxyl groups is 4. The molecule has 0 fully saturated rings. The number of nitrogens with zero attached hydrogens (tertiary/aromatic N) is 3. The highest BCUT2D eigenvalue weighted by Crippen LogP contribution is 2.43. The molecule has 0 aromatic carbocycles. The topological polar surface area (TPSA) is 387 Å². The van der Waals surface area contributed by atoms with Gasteiger partial charge in [-0.1, -0.05) is 101 Å². The number of methoxy groups -OCH3 is 3. The van der Waals surface area contributed by atoms with E-state index in [1.54, 1.807) is 27.4 Å². The molecule has 0 saturated heterocycles. The number of Topliss-reactive ketones (excluding diaryl/α,β-unsaturated/α-hetero) is 2. The summed E-state index contributed by atoms with van der Waals surface area (Å²) in [6.45, 7) is 2.42. The van der Waals surface area contributed by atoms with Crippen molar-refractivity contribution < 1.29 is 86.3 Å². The molecule has 45 heteroatoms. The van der Waals surface area contributed by atoms with Crippen LogP contribution >= 0.6 is 169 Å². The third-order valence-electron chi connectivity index (χ3n) is 12.6. The number of nitrogens with one attached hydrogen (secondary N) is 1. The summed E-state index contributed by atoms with van der Waals surface area (Å²) in [6.07, 6.45) is -1.39. The lowest BCUT2D eigenvalue weighted by atomic mass is 10.2. The molecule has 4 aliphatic rings. The van der Waals surface area contributed by atoms with Crippen LogP contribution in [0.25, 0.3) is 0 Å². The van der Waals surface area contributed by atoms with Crippen molar-refractivity contribution in [2.24, 2.45) is 10.3 Å². The van der Waals surface area contributed by atoms with Gasteiger partial charge in [0.2, 0.25) is 0 Å². The molecule has 0 spiro atoms. The van der Waals surface area contributed by atoms with E-state index in [9.17, 15) is 72.1 Å². The molecular formula is C48H58Br2Cl6N6O19S12. The molecule has 0 amide bonds. The maximum absolute atomic E-state index is 12.3. The molecule has 6 aromatic rings. The number of fused-ring (bicyclic) bond motifs is 4. The minimum absolute atomic E-state index is 0.0163. The lowest BCUT2D eigenvalue weighted by Gasteiger charge is -2.29. The average Bonchev–Trinajstić information content (AvgIpc) is 1.26. The van der Waals surface area contributed by atoms with E-state index in [0.29, 0.717) is 120 Å². The van der Waals surface area contributed by atoms with Gasteiger partial charge in [-0.25, -0.2) is 57.1 Å². The highest BCUT2D eigenvalue weighted by atomic mass is 79.9. The molecule has 0 saturated carbocycles. The molecule has 25 nitrogen and oxygen atoms in total. The van der Waals surface area contributed by atoms with Crippen molar-refractivity contribution in [3.05, 3.63) is 95.8 Å². The van der Waals surface area contributed by atoms with Crippen LogP contribution in [0, 0.1) is 0 Å². The minimum atomic E-state index is -3.58. The Balaban J connectivity index is 0.000000204. The zero-order valence-corrected chi connectivity index (χ0v) is 65.7. The number of sulfonamides is 4. The Kier molecular flexibility index (Phi) is 33.8. The first kappa shape index (κ1) is 83.5. The number of rotatable bonds is 18. The average molecular weight is 1780 g/mol.